The van der Waals surface area contributed by atoms with Crippen molar-refractivity contribution in [2.45, 2.75) is 42.7 Å². The Kier molecular flexibility index (Phi) is 4.70. The third-order valence-electron chi connectivity index (χ3n) is 3.82. The van der Waals surface area contributed by atoms with Crippen LogP contribution < -0.4 is 10.0 Å². The molecule has 0 aliphatic heterocycles. The van der Waals surface area contributed by atoms with Gasteiger partial charge in [0.1, 0.15) is 10.6 Å². The first-order chi connectivity index (χ1) is 9.83. The fourth-order valence-electron chi connectivity index (χ4n) is 2.50. The van der Waals surface area contributed by atoms with Crippen LogP contribution in [0.2, 0.25) is 0 Å². The number of hydrogen-bond acceptors (Lipinski definition) is 4. The summed E-state index contributed by atoms with van der Waals surface area (Å²) < 4.78 is 27.2. The van der Waals surface area contributed by atoms with Crippen LogP contribution in [0.3, 0.4) is 0 Å². The Labute approximate surface area is 124 Å². The summed E-state index contributed by atoms with van der Waals surface area (Å²) in [5.41, 5.74) is 0.301. The lowest BCUT2D eigenvalue weighted by atomic mass is 9.93. The summed E-state index contributed by atoms with van der Waals surface area (Å²) in [4.78, 5) is 12.3. The van der Waals surface area contributed by atoms with Crippen molar-refractivity contribution >= 4 is 15.9 Å². The first kappa shape index (κ1) is 16.0. The van der Waals surface area contributed by atoms with Crippen LogP contribution >= 0.6 is 0 Å². The summed E-state index contributed by atoms with van der Waals surface area (Å²) in [5.74, 6) is -0.295. The van der Waals surface area contributed by atoms with Crippen LogP contribution in [0.5, 0.6) is 0 Å². The van der Waals surface area contributed by atoms with Gasteiger partial charge in [0.15, 0.2) is 0 Å². The van der Waals surface area contributed by atoms with E-state index in [1.807, 2.05) is 0 Å². The molecule has 0 spiro atoms. The van der Waals surface area contributed by atoms with Crippen molar-refractivity contribution in [3.8, 4) is 0 Å². The molecule has 0 atom stereocenters. The molecule has 0 saturated heterocycles. The van der Waals surface area contributed by atoms with Gasteiger partial charge in [0.25, 0.3) is 5.91 Å². The number of sulfonamides is 1. The highest BCUT2D eigenvalue weighted by molar-refractivity contribution is 7.89. The molecule has 1 saturated carbocycles. The zero-order valence-corrected chi connectivity index (χ0v) is 13.0. The number of hydrogen-bond donors (Lipinski definition) is 3. The number of carbonyl (C=O) groups is 1. The van der Waals surface area contributed by atoms with Gasteiger partial charge in [-0.3, -0.25) is 4.79 Å². The maximum absolute atomic E-state index is 12.2. The van der Waals surface area contributed by atoms with Crippen molar-refractivity contribution in [3.63, 3.8) is 0 Å². The highest BCUT2D eigenvalue weighted by Crippen LogP contribution is 2.19. The van der Waals surface area contributed by atoms with Crippen molar-refractivity contribution in [1.29, 1.82) is 0 Å². The van der Waals surface area contributed by atoms with Gasteiger partial charge >= 0.3 is 0 Å². The molecule has 7 nitrogen and oxygen atoms in total. The van der Waals surface area contributed by atoms with E-state index in [2.05, 4.69) is 10.0 Å². The van der Waals surface area contributed by atoms with Gasteiger partial charge in [-0.15, -0.1) is 0 Å². The largest absolute Gasteiger partial charge is 0.393 e. The molecule has 1 fully saturated rings. The monoisotopic (exact) mass is 315 g/mol. The second kappa shape index (κ2) is 6.17. The molecule has 1 aliphatic rings. The number of carbonyl (C=O) groups excluding carboxylic acids is 1. The minimum atomic E-state index is -3.56. The van der Waals surface area contributed by atoms with E-state index in [9.17, 15) is 18.3 Å². The van der Waals surface area contributed by atoms with Gasteiger partial charge in [-0.05, 0) is 38.8 Å². The molecular formula is C13H21N3O4S. The quantitative estimate of drug-likeness (QED) is 0.726. The Morgan fingerprint density at radius 2 is 1.95 bits per heavy atom. The van der Waals surface area contributed by atoms with Crippen LogP contribution in [0.4, 0.5) is 0 Å². The van der Waals surface area contributed by atoms with Crippen LogP contribution in [0, 0.1) is 0 Å². The number of amides is 1. The van der Waals surface area contributed by atoms with Crippen molar-refractivity contribution < 1.29 is 18.3 Å². The third-order valence-corrected chi connectivity index (χ3v) is 5.20. The second-order valence-corrected chi connectivity index (χ2v) is 7.24. The van der Waals surface area contributed by atoms with Crippen LogP contribution in [-0.4, -0.2) is 43.2 Å². The lowest BCUT2D eigenvalue weighted by molar-refractivity contribution is 0.0860. The van der Waals surface area contributed by atoms with Crippen molar-refractivity contribution in [2.75, 3.05) is 7.05 Å². The average Bonchev–Trinajstić information content (AvgIpc) is 2.84. The van der Waals surface area contributed by atoms with E-state index in [1.54, 1.807) is 7.05 Å². The molecule has 21 heavy (non-hydrogen) atoms. The van der Waals surface area contributed by atoms with Gasteiger partial charge in [0.2, 0.25) is 10.0 Å². The van der Waals surface area contributed by atoms with E-state index >= 15 is 0 Å². The van der Waals surface area contributed by atoms with E-state index in [0.29, 0.717) is 18.5 Å². The molecule has 1 heterocycles. The number of aliphatic hydroxyl groups excluding tert-OH is 1. The van der Waals surface area contributed by atoms with E-state index in [-0.39, 0.29) is 22.9 Å². The predicted molar refractivity (Wildman–Crippen MR) is 77.4 cm³/mol. The summed E-state index contributed by atoms with van der Waals surface area (Å²) in [6, 6.07) is 1.39. The molecule has 8 heteroatoms. The topological polar surface area (TPSA) is 100 Å². The molecule has 0 unspecified atom stereocenters. The Hall–Kier alpha value is -1.38. The Balaban J connectivity index is 2.09. The average molecular weight is 315 g/mol. The van der Waals surface area contributed by atoms with Gasteiger partial charge in [0.05, 0.1) is 6.10 Å². The van der Waals surface area contributed by atoms with Crippen molar-refractivity contribution in [1.82, 2.24) is 14.6 Å². The molecule has 118 valence electrons. The van der Waals surface area contributed by atoms with Gasteiger partial charge in [-0.1, -0.05) is 0 Å². The van der Waals surface area contributed by atoms with Gasteiger partial charge in [-0.25, -0.2) is 13.1 Å². The van der Waals surface area contributed by atoms with Crippen LogP contribution in [0.15, 0.2) is 17.2 Å². The Bertz CT molecular complexity index is 615. The minimum absolute atomic E-state index is 0.0279. The summed E-state index contributed by atoms with van der Waals surface area (Å²) in [5, 5.41) is 12.3. The van der Waals surface area contributed by atoms with Crippen LogP contribution in [-0.2, 0) is 17.1 Å². The minimum Gasteiger partial charge on any atom is -0.393 e. The number of aromatic nitrogens is 1. The number of nitrogens with one attached hydrogen (secondary N) is 2. The van der Waals surface area contributed by atoms with E-state index in [4.69, 9.17) is 0 Å². The van der Waals surface area contributed by atoms with E-state index < -0.39 is 10.0 Å². The highest BCUT2D eigenvalue weighted by Gasteiger charge is 2.24. The molecule has 0 aromatic carbocycles. The molecule has 1 aromatic heterocycles. The lowest BCUT2D eigenvalue weighted by Gasteiger charge is -2.26. The molecule has 1 aromatic rings. The first-order valence-corrected chi connectivity index (χ1v) is 8.40. The van der Waals surface area contributed by atoms with Crippen LogP contribution in [0.25, 0.3) is 0 Å². The summed E-state index contributed by atoms with van der Waals surface area (Å²) in [6.07, 6.45) is 3.96. The molecule has 0 radical (unpaired) electrons. The van der Waals surface area contributed by atoms with Crippen LogP contribution in [0.1, 0.15) is 36.2 Å². The SMILES string of the molecule is CNS(=O)(=O)c1cc(C(=O)NC2CCC(O)CC2)n(C)c1. The molecule has 2 rings (SSSR count). The molecule has 3 N–H and O–H groups in total. The summed E-state index contributed by atoms with van der Waals surface area (Å²) >= 11 is 0. The summed E-state index contributed by atoms with van der Waals surface area (Å²) in [6.45, 7) is 0. The fraction of sp³-hybridized carbons (Fsp3) is 0.615. The molecular weight excluding hydrogens is 294 g/mol. The van der Waals surface area contributed by atoms with E-state index in [0.717, 1.165) is 12.8 Å². The van der Waals surface area contributed by atoms with Gasteiger partial charge in [-0.2, -0.15) is 0 Å². The van der Waals surface area contributed by atoms with Crippen molar-refractivity contribution in [2.24, 2.45) is 7.05 Å². The second-order valence-electron chi connectivity index (χ2n) is 5.36. The Morgan fingerprint density at radius 3 is 2.52 bits per heavy atom. The molecule has 1 aliphatic carbocycles. The van der Waals surface area contributed by atoms with Gasteiger partial charge in [0, 0.05) is 19.3 Å². The predicted octanol–water partition coefficient (Wildman–Crippen LogP) is -0.0335. The smallest absolute Gasteiger partial charge is 0.268 e. The number of aliphatic hydroxyl groups is 1. The maximum atomic E-state index is 12.2. The van der Waals surface area contributed by atoms with Gasteiger partial charge < -0.3 is 15.0 Å². The number of rotatable bonds is 4. The zero-order valence-electron chi connectivity index (χ0n) is 12.2. The first-order valence-electron chi connectivity index (χ1n) is 6.92. The highest BCUT2D eigenvalue weighted by atomic mass is 32.2. The molecule has 0 bridgehead atoms. The number of nitrogens with zero attached hydrogens (tertiary/aromatic N) is 1. The molecule has 1 amide bonds. The van der Waals surface area contributed by atoms with Crippen molar-refractivity contribution in [3.05, 3.63) is 18.0 Å². The maximum Gasteiger partial charge on any atom is 0.268 e. The fourth-order valence-corrected chi connectivity index (χ4v) is 3.30. The summed E-state index contributed by atoms with van der Waals surface area (Å²) in [7, 11) is -0.596. The standard InChI is InChI=1S/C13H21N3O4S/c1-14-21(19,20)11-7-12(16(2)8-11)13(18)15-9-3-5-10(17)6-4-9/h7-10,14,17H,3-6H2,1-2H3,(H,15,18). The Morgan fingerprint density at radius 1 is 1.33 bits per heavy atom. The lowest BCUT2D eigenvalue weighted by Crippen LogP contribution is -2.39. The zero-order chi connectivity index (χ0) is 15.6. The normalized spacial score (nSPS) is 23.0. The third kappa shape index (κ3) is 3.63. The number of aryl methyl sites for hydroxylation is 1. The van der Waals surface area contributed by atoms with E-state index in [1.165, 1.54) is 23.9 Å².